The minimum Gasteiger partial charge on any atom is -0.394 e. The van der Waals surface area contributed by atoms with E-state index < -0.39 is 0 Å². The van der Waals surface area contributed by atoms with Crippen LogP contribution in [0.3, 0.4) is 0 Å². The Balaban J connectivity index is 2.85. The van der Waals surface area contributed by atoms with Gasteiger partial charge in [-0.25, -0.2) is 0 Å². The summed E-state index contributed by atoms with van der Waals surface area (Å²) in [6.45, 7) is 4.07. The number of nitriles is 1. The molecule has 0 aliphatic heterocycles. The minimum atomic E-state index is -0.336. The van der Waals surface area contributed by atoms with Gasteiger partial charge in [0.2, 0.25) is 0 Å². The molecule has 17 heavy (non-hydrogen) atoms. The van der Waals surface area contributed by atoms with Gasteiger partial charge in [0.25, 0.3) is 0 Å². The normalized spacial score (nSPS) is 15.9. The third kappa shape index (κ3) is 3.85. The molecule has 0 heterocycles. The lowest BCUT2D eigenvalue weighted by Gasteiger charge is -2.32. The lowest BCUT2D eigenvalue weighted by molar-refractivity contribution is 0.157. The highest BCUT2D eigenvalue weighted by atomic mass is 16.3. The molecule has 0 fully saturated rings. The molecule has 1 aromatic carbocycles. The first-order chi connectivity index (χ1) is 8.15. The van der Waals surface area contributed by atoms with Gasteiger partial charge in [-0.05, 0) is 18.9 Å². The second-order valence-electron chi connectivity index (χ2n) is 4.54. The smallest absolute Gasteiger partial charge is 0.0641 e. The summed E-state index contributed by atoms with van der Waals surface area (Å²) in [6, 6.07) is 12.0. The maximum absolute atomic E-state index is 9.40. The highest BCUT2D eigenvalue weighted by Gasteiger charge is 2.25. The molecule has 0 amide bonds. The van der Waals surface area contributed by atoms with Crippen molar-refractivity contribution in [2.75, 3.05) is 6.61 Å². The summed E-state index contributed by atoms with van der Waals surface area (Å²) in [4.78, 5) is 0. The molecule has 1 aromatic rings. The standard InChI is InChI=1S/C14H20N2O/c1-3-14(2,11-17)16-13(9-10-15)12-7-5-4-6-8-12/h4-8,13,16-17H,3,9,11H2,1-2H3. The van der Waals surface area contributed by atoms with Gasteiger partial charge in [-0.2, -0.15) is 5.26 Å². The maximum atomic E-state index is 9.40. The average molecular weight is 232 g/mol. The molecule has 2 atom stereocenters. The minimum absolute atomic E-state index is 0.0294. The maximum Gasteiger partial charge on any atom is 0.0641 e. The molecule has 0 saturated heterocycles. The monoisotopic (exact) mass is 232 g/mol. The summed E-state index contributed by atoms with van der Waals surface area (Å²) in [6.07, 6.45) is 1.22. The average Bonchev–Trinajstić information content (AvgIpc) is 2.39. The Morgan fingerprint density at radius 2 is 2.06 bits per heavy atom. The lowest BCUT2D eigenvalue weighted by Crippen LogP contribution is -2.46. The molecule has 0 aliphatic carbocycles. The number of nitrogens with one attached hydrogen (secondary N) is 1. The number of nitrogens with zero attached hydrogens (tertiary/aromatic N) is 1. The van der Waals surface area contributed by atoms with Crippen molar-refractivity contribution in [2.45, 2.75) is 38.3 Å². The van der Waals surface area contributed by atoms with Crippen LogP contribution < -0.4 is 5.32 Å². The molecule has 0 spiro atoms. The predicted molar refractivity (Wildman–Crippen MR) is 68.3 cm³/mol. The van der Waals surface area contributed by atoms with Gasteiger partial charge in [0, 0.05) is 11.6 Å². The number of rotatable bonds is 6. The molecular formula is C14H20N2O. The van der Waals surface area contributed by atoms with Crippen molar-refractivity contribution < 1.29 is 5.11 Å². The van der Waals surface area contributed by atoms with Gasteiger partial charge < -0.3 is 10.4 Å². The SMILES string of the molecule is CCC(C)(CO)NC(CC#N)c1ccccc1. The Hall–Kier alpha value is -1.37. The molecule has 3 heteroatoms. The van der Waals surface area contributed by atoms with Crippen LogP contribution in [-0.2, 0) is 0 Å². The van der Waals surface area contributed by atoms with Crippen molar-refractivity contribution in [1.29, 1.82) is 5.26 Å². The molecule has 0 saturated carbocycles. The lowest BCUT2D eigenvalue weighted by atomic mass is 9.95. The van der Waals surface area contributed by atoms with E-state index in [0.717, 1.165) is 12.0 Å². The molecule has 2 unspecified atom stereocenters. The van der Waals surface area contributed by atoms with Gasteiger partial charge in [-0.3, -0.25) is 0 Å². The van der Waals surface area contributed by atoms with Crippen LogP contribution in [0.5, 0.6) is 0 Å². The van der Waals surface area contributed by atoms with E-state index >= 15 is 0 Å². The fourth-order valence-corrected chi connectivity index (χ4v) is 1.71. The summed E-state index contributed by atoms with van der Waals surface area (Å²) in [5, 5.41) is 21.7. The van der Waals surface area contributed by atoms with E-state index in [1.807, 2.05) is 44.2 Å². The van der Waals surface area contributed by atoms with Crippen molar-refractivity contribution in [3.63, 3.8) is 0 Å². The summed E-state index contributed by atoms with van der Waals surface area (Å²) < 4.78 is 0. The third-order valence-corrected chi connectivity index (χ3v) is 3.15. The fourth-order valence-electron chi connectivity index (χ4n) is 1.71. The van der Waals surface area contributed by atoms with Crippen molar-refractivity contribution in [3.05, 3.63) is 35.9 Å². The van der Waals surface area contributed by atoms with Crippen LogP contribution in [0.2, 0.25) is 0 Å². The van der Waals surface area contributed by atoms with Crippen LogP contribution in [0.1, 0.15) is 38.3 Å². The highest BCUT2D eigenvalue weighted by molar-refractivity contribution is 5.20. The molecule has 0 aromatic heterocycles. The molecular weight excluding hydrogens is 212 g/mol. The largest absolute Gasteiger partial charge is 0.394 e. The van der Waals surface area contributed by atoms with Crippen LogP contribution >= 0.6 is 0 Å². The zero-order chi connectivity index (χ0) is 12.7. The third-order valence-electron chi connectivity index (χ3n) is 3.15. The van der Waals surface area contributed by atoms with E-state index in [1.165, 1.54) is 0 Å². The van der Waals surface area contributed by atoms with Crippen LogP contribution in [0.4, 0.5) is 0 Å². The first kappa shape index (κ1) is 13.7. The summed E-state index contributed by atoms with van der Waals surface area (Å²) in [7, 11) is 0. The van der Waals surface area contributed by atoms with E-state index in [2.05, 4.69) is 11.4 Å². The zero-order valence-electron chi connectivity index (χ0n) is 10.5. The second-order valence-corrected chi connectivity index (χ2v) is 4.54. The summed E-state index contributed by atoms with van der Waals surface area (Å²) >= 11 is 0. The van der Waals surface area contributed by atoms with E-state index in [4.69, 9.17) is 5.26 Å². The van der Waals surface area contributed by atoms with Gasteiger partial charge in [0.05, 0.1) is 19.1 Å². The molecule has 0 bridgehead atoms. The fraction of sp³-hybridized carbons (Fsp3) is 0.500. The van der Waals surface area contributed by atoms with Crippen molar-refractivity contribution in [2.24, 2.45) is 0 Å². The quantitative estimate of drug-likeness (QED) is 0.791. The molecule has 0 aliphatic rings. The topological polar surface area (TPSA) is 56.0 Å². The van der Waals surface area contributed by atoms with Gasteiger partial charge in [-0.1, -0.05) is 37.3 Å². The van der Waals surface area contributed by atoms with Crippen LogP contribution in [0, 0.1) is 11.3 Å². The zero-order valence-corrected chi connectivity index (χ0v) is 10.5. The van der Waals surface area contributed by atoms with Gasteiger partial charge in [0.1, 0.15) is 0 Å². The molecule has 0 radical (unpaired) electrons. The number of aliphatic hydroxyl groups excluding tert-OH is 1. The van der Waals surface area contributed by atoms with E-state index in [9.17, 15) is 5.11 Å². The second kappa shape index (κ2) is 6.39. The summed E-state index contributed by atoms with van der Waals surface area (Å²) in [5.74, 6) is 0. The highest BCUT2D eigenvalue weighted by Crippen LogP contribution is 2.21. The van der Waals surface area contributed by atoms with Crippen molar-refractivity contribution >= 4 is 0 Å². The number of hydrogen-bond acceptors (Lipinski definition) is 3. The molecule has 2 N–H and O–H groups in total. The van der Waals surface area contributed by atoms with Crippen LogP contribution in [-0.4, -0.2) is 17.3 Å². The van der Waals surface area contributed by atoms with Gasteiger partial charge in [0.15, 0.2) is 0 Å². The predicted octanol–water partition coefficient (Wildman–Crippen LogP) is 2.39. The number of benzene rings is 1. The van der Waals surface area contributed by atoms with Crippen molar-refractivity contribution in [1.82, 2.24) is 5.32 Å². The van der Waals surface area contributed by atoms with Gasteiger partial charge >= 0.3 is 0 Å². The van der Waals surface area contributed by atoms with E-state index in [1.54, 1.807) is 0 Å². The Morgan fingerprint density at radius 3 is 2.53 bits per heavy atom. The Morgan fingerprint density at radius 1 is 1.41 bits per heavy atom. The van der Waals surface area contributed by atoms with Crippen LogP contribution in [0.25, 0.3) is 0 Å². The summed E-state index contributed by atoms with van der Waals surface area (Å²) in [5.41, 5.74) is 0.749. The van der Waals surface area contributed by atoms with E-state index in [0.29, 0.717) is 6.42 Å². The van der Waals surface area contributed by atoms with E-state index in [-0.39, 0.29) is 18.2 Å². The van der Waals surface area contributed by atoms with Gasteiger partial charge in [-0.15, -0.1) is 0 Å². The Kier molecular flexibility index (Phi) is 5.14. The Labute approximate surface area is 103 Å². The number of hydrogen-bond donors (Lipinski definition) is 2. The number of aliphatic hydroxyl groups is 1. The molecule has 3 nitrogen and oxygen atoms in total. The Bertz CT molecular complexity index is 366. The molecule has 1 rings (SSSR count). The first-order valence-corrected chi connectivity index (χ1v) is 5.95. The van der Waals surface area contributed by atoms with Crippen molar-refractivity contribution in [3.8, 4) is 6.07 Å². The first-order valence-electron chi connectivity index (χ1n) is 5.95. The van der Waals surface area contributed by atoms with Crippen LogP contribution in [0.15, 0.2) is 30.3 Å². The molecule has 92 valence electrons.